The van der Waals surface area contributed by atoms with Crippen LogP contribution in [-0.4, -0.2) is 41.6 Å². The molecular formula is C13H15FN4OS. The van der Waals surface area contributed by atoms with Gasteiger partial charge >= 0.3 is 6.03 Å². The van der Waals surface area contributed by atoms with E-state index in [1.807, 2.05) is 6.92 Å². The highest BCUT2D eigenvalue weighted by atomic mass is 32.1. The summed E-state index contributed by atoms with van der Waals surface area (Å²) in [6.07, 6.45) is 0. The minimum atomic E-state index is -0.323. The number of halogens is 1. The lowest BCUT2D eigenvalue weighted by Gasteiger charge is -2.33. The van der Waals surface area contributed by atoms with E-state index >= 15 is 0 Å². The lowest BCUT2D eigenvalue weighted by Crippen LogP contribution is -2.53. The number of hydrogen-bond acceptors (Lipinski definition) is 4. The minimum absolute atomic E-state index is 0.149. The third-order valence-electron chi connectivity index (χ3n) is 3.33. The van der Waals surface area contributed by atoms with E-state index in [2.05, 4.69) is 15.6 Å². The first-order chi connectivity index (χ1) is 9.63. The number of carbonyl (C=O) groups is 1. The predicted octanol–water partition coefficient (Wildman–Crippen LogP) is 2.26. The second-order valence-electron chi connectivity index (χ2n) is 4.81. The average Bonchev–Trinajstić information content (AvgIpc) is 2.80. The maximum atomic E-state index is 13.1. The van der Waals surface area contributed by atoms with Gasteiger partial charge in [-0.3, -0.25) is 5.32 Å². The monoisotopic (exact) mass is 294 g/mol. The molecule has 0 bridgehead atoms. The third-order valence-corrected chi connectivity index (χ3v) is 4.28. The summed E-state index contributed by atoms with van der Waals surface area (Å²) in [6.45, 7) is 4.26. The van der Waals surface area contributed by atoms with Gasteiger partial charge in [0.05, 0.1) is 10.2 Å². The molecule has 1 atom stereocenters. The molecule has 0 saturated carbocycles. The number of nitrogens with one attached hydrogen (secondary N) is 2. The second kappa shape index (κ2) is 5.34. The molecule has 2 aromatic rings. The number of thiazole rings is 1. The fourth-order valence-electron chi connectivity index (χ4n) is 2.26. The fourth-order valence-corrected chi connectivity index (χ4v) is 3.10. The molecule has 5 nitrogen and oxygen atoms in total. The Balaban J connectivity index is 1.76. The summed E-state index contributed by atoms with van der Waals surface area (Å²) in [6, 6.07) is 4.43. The lowest BCUT2D eigenvalue weighted by molar-refractivity contribution is 0.177. The molecule has 1 aromatic carbocycles. The van der Waals surface area contributed by atoms with Gasteiger partial charge in [0.2, 0.25) is 0 Å². The van der Waals surface area contributed by atoms with Crippen molar-refractivity contribution in [3.63, 3.8) is 0 Å². The molecule has 1 aromatic heterocycles. The van der Waals surface area contributed by atoms with Crippen LogP contribution >= 0.6 is 11.3 Å². The third kappa shape index (κ3) is 2.59. The number of urea groups is 1. The Bertz CT molecular complexity index is 644. The Kier molecular flexibility index (Phi) is 3.54. The van der Waals surface area contributed by atoms with Crippen LogP contribution in [0.3, 0.4) is 0 Å². The number of carbonyl (C=O) groups excluding carboxylic acids is 1. The normalized spacial score (nSPS) is 19.3. The summed E-state index contributed by atoms with van der Waals surface area (Å²) < 4.78 is 14.0. The molecule has 7 heteroatoms. The molecule has 0 radical (unpaired) electrons. The molecule has 2 N–H and O–H groups in total. The summed E-state index contributed by atoms with van der Waals surface area (Å²) in [5, 5.41) is 6.53. The van der Waals surface area contributed by atoms with E-state index in [9.17, 15) is 9.18 Å². The topological polar surface area (TPSA) is 57.3 Å². The van der Waals surface area contributed by atoms with Gasteiger partial charge in [0.25, 0.3) is 0 Å². The Morgan fingerprint density at radius 3 is 3.25 bits per heavy atom. The zero-order valence-corrected chi connectivity index (χ0v) is 11.8. The molecule has 1 unspecified atom stereocenters. The largest absolute Gasteiger partial charge is 0.323 e. The number of hydrogen-bond donors (Lipinski definition) is 2. The van der Waals surface area contributed by atoms with Gasteiger partial charge in [-0.25, -0.2) is 14.2 Å². The van der Waals surface area contributed by atoms with Crippen molar-refractivity contribution < 1.29 is 9.18 Å². The van der Waals surface area contributed by atoms with Gasteiger partial charge in [-0.2, -0.15) is 0 Å². The smallest absolute Gasteiger partial charge is 0.319 e. The van der Waals surface area contributed by atoms with Crippen LogP contribution in [0.4, 0.5) is 14.3 Å². The predicted molar refractivity (Wildman–Crippen MR) is 77.6 cm³/mol. The highest BCUT2D eigenvalue weighted by Crippen LogP contribution is 2.26. The van der Waals surface area contributed by atoms with E-state index in [-0.39, 0.29) is 17.9 Å². The molecule has 2 heterocycles. The van der Waals surface area contributed by atoms with Crippen molar-refractivity contribution in [2.75, 3.05) is 25.0 Å². The van der Waals surface area contributed by atoms with Crippen LogP contribution in [-0.2, 0) is 0 Å². The van der Waals surface area contributed by atoms with Gasteiger partial charge in [0.1, 0.15) is 5.82 Å². The van der Waals surface area contributed by atoms with E-state index in [0.29, 0.717) is 17.2 Å². The molecule has 0 spiro atoms. The maximum absolute atomic E-state index is 13.1. The molecule has 1 aliphatic rings. The van der Waals surface area contributed by atoms with E-state index < -0.39 is 0 Å². The zero-order chi connectivity index (χ0) is 14.1. The van der Waals surface area contributed by atoms with Crippen molar-refractivity contribution in [1.82, 2.24) is 15.2 Å². The molecule has 20 heavy (non-hydrogen) atoms. The second-order valence-corrected chi connectivity index (χ2v) is 5.84. The summed E-state index contributed by atoms with van der Waals surface area (Å²) >= 11 is 1.35. The number of amides is 2. The first-order valence-electron chi connectivity index (χ1n) is 6.48. The fraction of sp³-hybridized carbons (Fsp3) is 0.385. The van der Waals surface area contributed by atoms with Gasteiger partial charge in [-0.15, -0.1) is 0 Å². The molecule has 2 amide bonds. The van der Waals surface area contributed by atoms with Crippen molar-refractivity contribution in [2.24, 2.45) is 0 Å². The molecule has 1 fully saturated rings. The van der Waals surface area contributed by atoms with Gasteiger partial charge in [0.15, 0.2) is 5.13 Å². The van der Waals surface area contributed by atoms with Crippen LogP contribution in [0.15, 0.2) is 18.2 Å². The van der Waals surface area contributed by atoms with Crippen LogP contribution in [0.5, 0.6) is 0 Å². The number of piperazine rings is 1. The van der Waals surface area contributed by atoms with Crippen LogP contribution in [0.1, 0.15) is 6.92 Å². The molecule has 1 saturated heterocycles. The number of aromatic nitrogens is 1. The van der Waals surface area contributed by atoms with Gasteiger partial charge < -0.3 is 10.2 Å². The van der Waals surface area contributed by atoms with Crippen molar-refractivity contribution in [3.8, 4) is 0 Å². The van der Waals surface area contributed by atoms with Crippen LogP contribution in [0.2, 0.25) is 0 Å². The first-order valence-corrected chi connectivity index (χ1v) is 7.29. The van der Waals surface area contributed by atoms with Crippen molar-refractivity contribution >= 4 is 32.7 Å². The molecule has 0 aliphatic carbocycles. The molecule has 3 rings (SSSR count). The lowest BCUT2D eigenvalue weighted by atomic mass is 10.2. The number of nitrogens with zero attached hydrogens (tertiary/aromatic N) is 2. The molecule has 106 valence electrons. The van der Waals surface area contributed by atoms with Gasteiger partial charge in [-0.05, 0) is 19.1 Å². The Hall–Kier alpha value is -1.73. The summed E-state index contributed by atoms with van der Waals surface area (Å²) in [4.78, 5) is 18.2. The quantitative estimate of drug-likeness (QED) is 0.848. The van der Waals surface area contributed by atoms with E-state index in [4.69, 9.17) is 0 Å². The van der Waals surface area contributed by atoms with E-state index in [0.717, 1.165) is 17.8 Å². The maximum Gasteiger partial charge on any atom is 0.323 e. The van der Waals surface area contributed by atoms with Gasteiger partial charge in [-0.1, -0.05) is 11.3 Å². The zero-order valence-electron chi connectivity index (χ0n) is 11.0. The average molecular weight is 294 g/mol. The Morgan fingerprint density at radius 2 is 2.45 bits per heavy atom. The minimum Gasteiger partial charge on any atom is -0.319 e. The van der Waals surface area contributed by atoms with Crippen LogP contribution in [0, 0.1) is 5.82 Å². The van der Waals surface area contributed by atoms with E-state index in [1.54, 1.807) is 11.0 Å². The summed E-state index contributed by atoms with van der Waals surface area (Å²) in [5.74, 6) is -0.323. The van der Waals surface area contributed by atoms with Crippen LogP contribution < -0.4 is 10.6 Å². The first kappa shape index (κ1) is 13.3. The summed E-state index contributed by atoms with van der Waals surface area (Å²) in [7, 11) is 0. The Labute approximate surface area is 119 Å². The highest BCUT2D eigenvalue weighted by Gasteiger charge is 2.23. The van der Waals surface area contributed by atoms with Gasteiger partial charge in [0, 0.05) is 31.7 Å². The number of anilines is 1. The number of rotatable bonds is 1. The number of benzene rings is 1. The molecular weight excluding hydrogens is 279 g/mol. The Morgan fingerprint density at radius 1 is 1.60 bits per heavy atom. The number of fused-ring (bicyclic) bond motifs is 1. The SMILES string of the molecule is CC1CNCCN1C(=O)Nc1nc2cc(F)ccc2s1. The summed E-state index contributed by atoms with van der Waals surface area (Å²) in [5.41, 5.74) is 0.568. The standard InChI is InChI=1S/C13H15FN4OS/c1-8-7-15-4-5-18(8)13(19)17-12-16-10-6-9(14)2-3-11(10)20-12/h2-3,6,8,15H,4-5,7H2,1H3,(H,16,17,19). The molecule has 1 aliphatic heterocycles. The van der Waals surface area contributed by atoms with Crippen molar-refractivity contribution in [3.05, 3.63) is 24.0 Å². The van der Waals surface area contributed by atoms with E-state index in [1.165, 1.54) is 23.5 Å². The van der Waals surface area contributed by atoms with Crippen molar-refractivity contribution in [2.45, 2.75) is 13.0 Å². The van der Waals surface area contributed by atoms with Crippen LogP contribution in [0.25, 0.3) is 10.2 Å². The highest BCUT2D eigenvalue weighted by molar-refractivity contribution is 7.22. The van der Waals surface area contributed by atoms with Crippen molar-refractivity contribution in [1.29, 1.82) is 0 Å².